The maximum absolute atomic E-state index is 5.04. The van der Waals surface area contributed by atoms with Crippen LogP contribution in [-0.4, -0.2) is 19.2 Å². The molecule has 0 N–H and O–H groups in total. The number of nitrogens with zero attached hydrogens (tertiary/aromatic N) is 2. The van der Waals surface area contributed by atoms with Gasteiger partial charge in [-0.1, -0.05) is 0 Å². The first-order valence-corrected chi connectivity index (χ1v) is 3.37. The van der Waals surface area contributed by atoms with Gasteiger partial charge >= 0.3 is 0 Å². The van der Waals surface area contributed by atoms with E-state index in [0.717, 1.165) is 5.57 Å². The third-order valence-electron chi connectivity index (χ3n) is 1.24. The van der Waals surface area contributed by atoms with Crippen molar-refractivity contribution in [3.8, 4) is 0 Å². The highest BCUT2D eigenvalue weighted by Crippen LogP contribution is 2.10. The van der Waals surface area contributed by atoms with Crippen molar-refractivity contribution in [1.82, 2.24) is 0 Å². The first kappa shape index (κ1) is 7.72. The van der Waals surface area contributed by atoms with E-state index >= 15 is 0 Å². The number of ether oxygens (including phenoxy) is 1. The molecule has 0 aromatic carbocycles. The molecule has 0 aromatic rings. The Hall–Kier alpha value is -1.38. The Balaban J connectivity index is 2.78. The Bertz CT molecular complexity index is 249. The minimum absolute atomic E-state index is 0.621. The third kappa shape index (κ3) is 1.77. The van der Waals surface area contributed by atoms with Crippen LogP contribution in [0.15, 0.2) is 34.1 Å². The summed E-state index contributed by atoms with van der Waals surface area (Å²) in [6, 6.07) is 0. The lowest BCUT2D eigenvalue weighted by atomic mass is 10.3. The van der Waals surface area contributed by atoms with Gasteiger partial charge in [-0.3, -0.25) is 9.98 Å². The van der Waals surface area contributed by atoms with Crippen LogP contribution >= 0.6 is 0 Å². The van der Waals surface area contributed by atoms with Gasteiger partial charge in [0.25, 0.3) is 0 Å². The predicted molar refractivity (Wildman–Crippen MR) is 45.8 cm³/mol. The molecule has 0 bridgehead atoms. The molecule has 0 saturated heterocycles. The molecular formula is C8H10N2O. The summed E-state index contributed by atoms with van der Waals surface area (Å²) < 4.78 is 5.04. The molecule has 0 fully saturated rings. The van der Waals surface area contributed by atoms with Crippen LogP contribution in [0.5, 0.6) is 0 Å². The molecule has 1 heterocycles. The smallest absolute Gasteiger partial charge is 0.222 e. The molecule has 3 nitrogen and oxygen atoms in total. The molecule has 0 spiro atoms. The molecule has 1 aliphatic rings. The summed E-state index contributed by atoms with van der Waals surface area (Å²) in [6.07, 6.45) is 6.85. The number of rotatable bonds is 1. The Morgan fingerprint density at radius 1 is 1.55 bits per heavy atom. The zero-order valence-corrected chi connectivity index (χ0v) is 6.61. The second kappa shape index (κ2) is 3.71. The molecule has 11 heavy (non-hydrogen) atoms. The zero-order valence-electron chi connectivity index (χ0n) is 6.61. The van der Waals surface area contributed by atoms with Crippen molar-refractivity contribution < 1.29 is 4.74 Å². The van der Waals surface area contributed by atoms with Crippen molar-refractivity contribution in [2.24, 2.45) is 9.98 Å². The van der Waals surface area contributed by atoms with E-state index in [1.807, 2.05) is 13.0 Å². The van der Waals surface area contributed by atoms with Gasteiger partial charge in [-0.15, -0.1) is 0 Å². The number of hydrogen-bond acceptors (Lipinski definition) is 3. The lowest BCUT2D eigenvalue weighted by Gasteiger charge is -1.93. The Morgan fingerprint density at radius 3 is 3.00 bits per heavy atom. The summed E-state index contributed by atoms with van der Waals surface area (Å²) in [5.41, 5.74) is 0.908. The fourth-order valence-corrected chi connectivity index (χ4v) is 0.746. The SMILES string of the molecule is C/C=N/C=C1/C=CO/C1=N/C. The van der Waals surface area contributed by atoms with Crippen LogP contribution < -0.4 is 0 Å². The van der Waals surface area contributed by atoms with Crippen LogP contribution in [0.1, 0.15) is 6.92 Å². The van der Waals surface area contributed by atoms with Crippen LogP contribution in [-0.2, 0) is 4.74 Å². The van der Waals surface area contributed by atoms with Crippen LogP contribution in [0.2, 0.25) is 0 Å². The van der Waals surface area contributed by atoms with Crippen molar-refractivity contribution in [1.29, 1.82) is 0 Å². The van der Waals surface area contributed by atoms with Crippen molar-refractivity contribution in [3.05, 3.63) is 24.1 Å². The van der Waals surface area contributed by atoms with E-state index in [9.17, 15) is 0 Å². The van der Waals surface area contributed by atoms with Crippen molar-refractivity contribution in [2.75, 3.05) is 7.05 Å². The Kier molecular flexibility index (Phi) is 2.60. The highest BCUT2D eigenvalue weighted by Gasteiger charge is 2.08. The molecular weight excluding hydrogens is 140 g/mol. The molecule has 58 valence electrons. The van der Waals surface area contributed by atoms with Crippen LogP contribution in [0.3, 0.4) is 0 Å². The van der Waals surface area contributed by atoms with E-state index in [2.05, 4.69) is 9.98 Å². The van der Waals surface area contributed by atoms with Crippen molar-refractivity contribution in [2.45, 2.75) is 6.92 Å². The molecule has 0 radical (unpaired) electrons. The topological polar surface area (TPSA) is 34.0 Å². The molecule has 0 saturated carbocycles. The van der Waals surface area contributed by atoms with Crippen LogP contribution in [0.25, 0.3) is 0 Å². The van der Waals surface area contributed by atoms with Gasteiger partial charge in [-0.25, -0.2) is 0 Å². The fraction of sp³-hybridized carbons (Fsp3) is 0.250. The summed E-state index contributed by atoms with van der Waals surface area (Å²) in [6.45, 7) is 1.86. The van der Waals surface area contributed by atoms with Crippen LogP contribution in [0.4, 0.5) is 0 Å². The van der Waals surface area contributed by atoms with Crippen molar-refractivity contribution in [3.63, 3.8) is 0 Å². The summed E-state index contributed by atoms with van der Waals surface area (Å²) in [7, 11) is 1.69. The van der Waals surface area contributed by atoms with Crippen molar-refractivity contribution >= 4 is 12.1 Å². The molecule has 0 atom stereocenters. The number of aliphatic imine (C=N–C) groups is 2. The molecule has 3 heteroatoms. The van der Waals surface area contributed by atoms with Gasteiger partial charge in [0.05, 0.1) is 11.8 Å². The molecule has 0 amide bonds. The maximum Gasteiger partial charge on any atom is 0.222 e. The van der Waals surface area contributed by atoms with Gasteiger partial charge in [0.1, 0.15) is 0 Å². The van der Waals surface area contributed by atoms with Gasteiger partial charge < -0.3 is 4.74 Å². The third-order valence-corrected chi connectivity index (χ3v) is 1.24. The average Bonchev–Trinajstić information content (AvgIpc) is 2.47. The lowest BCUT2D eigenvalue weighted by molar-refractivity contribution is 0.486. The minimum atomic E-state index is 0.621. The van der Waals surface area contributed by atoms with Gasteiger partial charge in [0.2, 0.25) is 5.90 Å². The lowest BCUT2D eigenvalue weighted by Crippen LogP contribution is -1.95. The normalized spacial score (nSPS) is 23.8. The monoisotopic (exact) mass is 150 g/mol. The van der Waals surface area contributed by atoms with E-state index in [0.29, 0.717) is 5.90 Å². The number of hydrogen-bond donors (Lipinski definition) is 0. The van der Waals surface area contributed by atoms with E-state index in [-0.39, 0.29) is 0 Å². The molecule has 1 aliphatic heterocycles. The minimum Gasteiger partial charge on any atom is -0.446 e. The molecule has 1 rings (SSSR count). The molecule has 0 unspecified atom stereocenters. The van der Waals surface area contributed by atoms with E-state index in [4.69, 9.17) is 4.74 Å². The highest BCUT2D eigenvalue weighted by molar-refractivity contribution is 5.98. The highest BCUT2D eigenvalue weighted by atomic mass is 16.5. The zero-order chi connectivity index (χ0) is 8.10. The summed E-state index contributed by atoms with van der Waals surface area (Å²) in [5.74, 6) is 0.621. The van der Waals surface area contributed by atoms with Gasteiger partial charge in [0.15, 0.2) is 0 Å². The van der Waals surface area contributed by atoms with E-state index < -0.39 is 0 Å². The second-order valence-electron chi connectivity index (χ2n) is 1.94. The second-order valence-corrected chi connectivity index (χ2v) is 1.94. The van der Waals surface area contributed by atoms with Gasteiger partial charge in [-0.05, 0) is 13.0 Å². The van der Waals surface area contributed by atoms with E-state index in [1.165, 1.54) is 0 Å². The fourth-order valence-electron chi connectivity index (χ4n) is 0.746. The Morgan fingerprint density at radius 2 is 2.36 bits per heavy atom. The first-order valence-electron chi connectivity index (χ1n) is 3.37. The van der Waals surface area contributed by atoms with Crippen LogP contribution in [0, 0.1) is 0 Å². The van der Waals surface area contributed by atoms with Gasteiger partial charge in [-0.2, -0.15) is 0 Å². The standard InChI is InChI=1S/C8H10N2O/c1-3-10-6-7-4-5-11-8(7)9-2/h3-6H,1-2H3/b7-6-,9-8+,10-3+. The summed E-state index contributed by atoms with van der Waals surface area (Å²) in [4.78, 5) is 7.86. The summed E-state index contributed by atoms with van der Waals surface area (Å²) >= 11 is 0. The maximum atomic E-state index is 5.04. The van der Waals surface area contributed by atoms with Gasteiger partial charge in [0, 0.05) is 19.5 Å². The first-order chi connectivity index (χ1) is 5.38. The Labute approximate surface area is 65.8 Å². The summed E-state index contributed by atoms with van der Waals surface area (Å²) in [5, 5.41) is 0. The molecule has 0 aliphatic carbocycles. The van der Waals surface area contributed by atoms with E-state index in [1.54, 1.807) is 25.7 Å². The molecule has 0 aromatic heterocycles. The largest absolute Gasteiger partial charge is 0.446 e. The predicted octanol–water partition coefficient (Wildman–Crippen LogP) is 1.53. The average molecular weight is 150 g/mol. The quantitative estimate of drug-likeness (QED) is 0.522.